The van der Waals surface area contributed by atoms with Crippen LogP contribution in [0.15, 0.2) is 46.2 Å². The minimum Gasteiger partial charge on any atom is -0.355 e. The number of hydrogen-bond donors (Lipinski definition) is 1. The minimum absolute atomic E-state index is 0.121. The quantitative estimate of drug-likeness (QED) is 0.513. The molecule has 164 valence electrons. The van der Waals surface area contributed by atoms with Gasteiger partial charge in [0.15, 0.2) is 0 Å². The molecule has 0 aliphatic rings. The highest BCUT2D eigenvalue weighted by Crippen LogP contribution is 2.52. The molecule has 0 fully saturated rings. The van der Waals surface area contributed by atoms with Crippen molar-refractivity contribution >= 4 is 31.4 Å². The van der Waals surface area contributed by atoms with E-state index in [1.807, 2.05) is 0 Å². The van der Waals surface area contributed by atoms with Gasteiger partial charge in [0.25, 0.3) is 0 Å². The van der Waals surface area contributed by atoms with Gasteiger partial charge in [-0.15, -0.1) is 0 Å². The molecule has 0 heterocycles. The van der Waals surface area contributed by atoms with Crippen molar-refractivity contribution in [1.29, 1.82) is 0 Å². The first-order valence-electron chi connectivity index (χ1n) is 10.3. The summed E-state index contributed by atoms with van der Waals surface area (Å²) < 4.78 is 0. The Morgan fingerprint density at radius 2 is 0.862 bits per heavy atom. The van der Waals surface area contributed by atoms with Gasteiger partial charge in [0.05, 0.1) is 0 Å². The van der Waals surface area contributed by atoms with Crippen LogP contribution >= 0.6 is 20.1 Å². The third kappa shape index (κ3) is 6.46. The Bertz CT molecular complexity index is 732. The Morgan fingerprint density at radius 3 is 1.17 bits per heavy atom. The van der Waals surface area contributed by atoms with Gasteiger partial charge in [0.2, 0.25) is 0 Å². The third-order valence-corrected chi connectivity index (χ3v) is 8.55. The minimum atomic E-state index is -0.790. The lowest BCUT2D eigenvalue weighted by Crippen LogP contribution is -2.16. The fraction of sp³-hybridized carbons (Fsp3) is 0.538. The van der Waals surface area contributed by atoms with Crippen LogP contribution in [0.4, 0.5) is 11.4 Å². The smallest absolute Gasteiger partial charge is 0.0405 e. The Hall–Kier alpha value is -1.06. The van der Waals surface area contributed by atoms with Crippen molar-refractivity contribution in [1.82, 2.24) is 0 Å². The maximum atomic E-state index is 3.78. The van der Waals surface area contributed by atoms with Crippen molar-refractivity contribution in [2.75, 3.05) is 42.9 Å². The molecule has 0 saturated carbocycles. The summed E-state index contributed by atoms with van der Waals surface area (Å²) in [5.74, 6) is 0. The topological polar surface area (TPSA) is 12.0 Å². The largest absolute Gasteiger partial charge is 0.355 e. The van der Waals surface area contributed by atoms with Crippen molar-refractivity contribution in [2.45, 2.75) is 62.2 Å². The van der Waals surface area contributed by atoms with Crippen LogP contribution in [-0.4, -0.2) is 37.5 Å². The van der Waals surface area contributed by atoms with Crippen LogP contribution in [0.3, 0.4) is 0 Å². The van der Waals surface area contributed by atoms with E-state index >= 15 is 0 Å². The lowest BCUT2D eigenvalue weighted by atomic mass is 9.80. The molecule has 0 unspecified atom stereocenters. The van der Waals surface area contributed by atoms with Crippen LogP contribution in [0.2, 0.25) is 0 Å². The van der Waals surface area contributed by atoms with Crippen LogP contribution in [-0.2, 0) is 10.8 Å². The van der Waals surface area contributed by atoms with E-state index in [-0.39, 0.29) is 10.8 Å². The van der Waals surface area contributed by atoms with E-state index in [1.165, 1.54) is 32.3 Å². The molecule has 3 heteroatoms. The molecule has 0 aliphatic carbocycles. The summed E-state index contributed by atoms with van der Waals surface area (Å²) in [4.78, 5) is 2.95. The van der Waals surface area contributed by atoms with E-state index < -0.39 is 20.1 Å². The van der Waals surface area contributed by atoms with Crippen LogP contribution in [0, 0.1) is 0 Å². The highest BCUT2D eigenvalue weighted by atomic mass is 32.3. The van der Waals surface area contributed by atoms with Crippen molar-refractivity contribution in [3.05, 3.63) is 47.5 Å². The average molecular weight is 434 g/mol. The molecule has 29 heavy (non-hydrogen) atoms. The highest BCUT2D eigenvalue weighted by molar-refractivity contribution is 8.32. The van der Waals surface area contributed by atoms with E-state index in [9.17, 15) is 0 Å². The number of rotatable bonds is 4. The predicted octanol–water partition coefficient (Wildman–Crippen LogP) is 8.13. The normalized spacial score (nSPS) is 14.6. The molecule has 2 aromatic carbocycles. The van der Waals surface area contributed by atoms with Gasteiger partial charge in [-0.2, -0.15) is 0 Å². The summed E-state index contributed by atoms with van der Waals surface area (Å²) in [6, 6.07) is 14.2. The lowest BCUT2D eigenvalue weighted by molar-refractivity contribution is 0.569. The van der Waals surface area contributed by atoms with Crippen LogP contribution in [0.1, 0.15) is 52.7 Å². The molecule has 0 aliphatic heterocycles. The molecule has 0 amide bonds. The zero-order valence-corrected chi connectivity index (χ0v) is 22.4. The molecule has 0 atom stereocenters. The zero-order chi connectivity index (χ0) is 22.4. The Morgan fingerprint density at radius 1 is 0.517 bits per heavy atom. The summed E-state index contributed by atoms with van der Waals surface area (Å²) in [6.07, 6.45) is 14.3. The van der Waals surface area contributed by atoms with Gasteiger partial charge in [-0.25, -0.2) is 20.1 Å². The van der Waals surface area contributed by atoms with E-state index in [0.29, 0.717) is 0 Å². The van der Waals surface area contributed by atoms with E-state index in [0.717, 1.165) is 0 Å². The standard InChI is InChI=1S/C26H43NS2/c1-25(2,3)19-13-20(26(4,5)6)15-21(14-19)27-22-16-23(28(7,8)9)18-24(17-22)29(10,11)12/h13-18,27H,1-12H3. The van der Waals surface area contributed by atoms with Gasteiger partial charge < -0.3 is 5.32 Å². The van der Waals surface area contributed by atoms with Crippen molar-refractivity contribution in [3.8, 4) is 0 Å². The van der Waals surface area contributed by atoms with Crippen molar-refractivity contribution in [3.63, 3.8) is 0 Å². The molecule has 0 bridgehead atoms. The SMILES string of the molecule is CC(C)(C)c1cc(Nc2cc(S(C)(C)C)cc(S(C)(C)C)c2)cc(C(C)(C)C)c1. The molecular formula is C26H43NS2. The van der Waals surface area contributed by atoms with Gasteiger partial charge in [0.1, 0.15) is 0 Å². The second-order valence-electron chi connectivity index (χ2n) is 11.8. The summed E-state index contributed by atoms with van der Waals surface area (Å²) >= 11 is 0. The number of anilines is 2. The Kier molecular flexibility index (Phi) is 6.59. The maximum Gasteiger partial charge on any atom is 0.0405 e. The van der Waals surface area contributed by atoms with Crippen molar-refractivity contribution in [2.24, 2.45) is 0 Å². The van der Waals surface area contributed by atoms with Gasteiger partial charge in [0, 0.05) is 11.4 Å². The molecule has 2 aromatic rings. The second-order valence-corrected chi connectivity index (χ2v) is 20.1. The zero-order valence-electron chi connectivity index (χ0n) is 20.8. The van der Waals surface area contributed by atoms with E-state index in [4.69, 9.17) is 0 Å². The molecule has 0 aromatic heterocycles. The highest BCUT2D eigenvalue weighted by Gasteiger charge is 2.21. The predicted molar refractivity (Wildman–Crippen MR) is 141 cm³/mol. The fourth-order valence-electron chi connectivity index (χ4n) is 3.08. The monoisotopic (exact) mass is 433 g/mol. The molecule has 2 rings (SSSR count). The Balaban J connectivity index is 2.61. The van der Waals surface area contributed by atoms with Gasteiger partial charge in [-0.1, -0.05) is 47.6 Å². The summed E-state index contributed by atoms with van der Waals surface area (Å²) in [5.41, 5.74) is 5.41. The summed E-state index contributed by atoms with van der Waals surface area (Å²) in [7, 11) is -1.58. The first-order chi connectivity index (χ1) is 12.9. The first kappa shape index (κ1) is 24.2. The number of benzene rings is 2. The van der Waals surface area contributed by atoms with Gasteiger partial charge in [-0.05, 0) is 99.6 Å². The molecule has 0 radical (unpaired) electrons. The maximum absolute atomic E-state index is 3.78. The summed E-state index contributed by atoms with van der Waals surface area (Å²) in [6.45, 7) is 13.8. The fourth-order valence-corrected chi connectivity index (χ4v) is 5.08. The Labute approximate surface area is 183 Å². The number of hydrogen-bond acceptors (Lipinski definition) is 1. The van der Waals surface area contributed by atoms with Crippen LogP contribution in [0.25, 0.3) is 0 Å². The molecule has 0 saturated heterocycles. The second kappa shape index (κ2) is 7.89. The van der Waals surface area contributed by atoms with Gasteiger partial charge in [-0.3, -0.25) is 0 Å². The first-order valence-corrected chi connectivity index (χ1v) is 16.0. The van der Waals surface area contributed by atoms with Crippen molar-refractivity contribution < 1.29 is 0 Å². The van der Waals surface area contributed by atoms with Crippen LogP contribution < -0.4 is 5.32 Å². The molecule has 1 N–H and O–H groups in total. The number of nitrogens with one attached hydrogen (secondary N) is 1. The lowest BCUT2D eigenvalue weighted by Gasteiger charge is -2.32. The van der Waals surface area contributed by atoms with E-state index in [2.05, 4.69) is 121 Å². The van der Waals surface area contributed by atoms with E-state index in [1.54, 1.807) is 0 Å². The third-order valence-electron chi connectivity index (χ3n) is 5.25. The molecule has 0 spiro atoms. The average Bonchev–Trinajstić information content (AvgIpc) is 2.51. The summed E-state index contributed by atoms with van der Waals surface area (Å²) in [5, 5.41) is 3.78. The molecular weight excluding hydrogens is 390 g/mol. The molecule has 1 nitrogen and oxygen atoms in total. The van der Waals surface area contributed by atoms with Crippen LogP contribution in [0.5, 0.6) is 0 Å². The van der Waals surface area contributed by atoms with Gasteiger partial charge >= 0.3 is 0 Å².